The Balaban J connectivity index is 1.59. The summed E-state index contributed by atoms with van der Waals surface area (Å²) in [5, 5.41) is 0. The number of hydrogen-bond acceptors (Lipinski definition) is 3. The highest BCUT2D eigenvalue weighted by atomic mass is 16.5. The Labute approximate surface area is 201 Å². The molecule has 0 amide bonds. The molecule has 2 aromatic carbocycles. The van der Waals surface area contributed by atoms with Gasteiger partial charge in [0.25, 0.3) is 0 Å². The standard InChI is InChI=1S/C29H44NO3/c1-4-5-6-7-8-12-19-27-20-13-14-21-28(27)32-22-15-16-23-33-29(31)25-30(2,3)24-26-17-10-9-11-18-26/h9-11,13-14,17-18,20-21H,4-8,12,15-16,19,22-25H2,1-3H3/q+1. The van der Waals surface area contributed by atoms with E-state index in [2.05, 4.69) is 51.4 Å². The normalized spacial score (nSPS) is 11.4. The van der Waals surface area contributed by atoms with E-state index in [-0.39, 0.29) is 5.97 Å². The van der Waals surface area contributed by atoms with Crippen LogP contribution >= 0.6 is 0 Å². The van der Waals surface area contributed by atoms with Crippen LogP contribution in [-0.4, -0.2) is 44.3 Å². The monoisotopic (exact) mass is 454 g/mol. The molecule has 0 saturated carbocycles. The summed E-state index contributed by atoms with van der Waals surface area (Å²) in [6.45, 7) is 4.54. The molecule has 2 aromatic rings. The van der Waals surface area contributed by atoms with Gasteiger partial charge in [0.2, 0.25) is 0 Å². The first kappa shape index (κ1) is 26.9. The predicted octanol–water partition coefficient (Wildman–Crippen LogP) is 6.57. The summed E-state index contributed by atoms with van der Waals surface area (Å²) < 4.78 is 12.1. The molecule has 0 aliphatic heterocycles. The Morgan fingerprint density at radius 1 is 0.788 bits per heavy atom. The van der Waals surface area contributed by atoms with Crippen molar-refractivity contribution in [1.82, 2.24) is 0 Å². The van der Waals surface area contributed by atoms with Crippen molar-refractivity contribution >= 4 is 5.97 Å². The van der Waals surface area contributed by atoms with Gasteiger partial charge in [-0.25, -0.2) is 4.79 Å². The van der Waals surface area contributed by atoms with Gasteiger partial charge < -0.3 is 14.0 Å². The zero-order valence-corrected chi connectivity index (χ0v) is 21.1. The molecular formula is C29H44NO3+. The van der Waals surface area contributed by atoms with Crippen molar-refractivity contribution in [3.8, 4) is 5.75 Å². The minimum absolute atomic E-state index is 0.138. The van der Waals surface area contributed by atoms with E-state index >= 15 is 0 Å². The molecule has 0 saturated heterocycles. The van der Waals surface area contributed by atoms with E-state index in [1.807, 2.05) is 24.3 Å². The van der Waals surface area contributed by atoms with E-state index in [1.165, 1.54) is 49.7 Å². The van der Waals surface area contributed by atoms with Crippen molar-refractivity contribution in [2.24, 2.45) is 0 Å². The topological polar surface area (TPSA) is 35.5 Å². The van der Waals surface area contributed by atoms with Gasteiger partial charge in [-0.15, -0.1) is 0 Å². The molecule has 4 nitrogen and oxygen atoms in total. The van der Waals surface area contributed by atoms with Gasteiger partial charge in [0.15, 0.2) is 6.54 Å². The molecule has 0 atom stereocenters. The van der Waals surface area contributed by atoms with Crippen LogP contribution in [0.25, 0.3) is 0 Å². The van der Waals surface area contributed by atoms with Crippen LogP contribution in [0.15, 0.2) is 54.6 Å². The minimum atomic E-state index is -0.138. The van der Waals surface area contributed by atoms with Gasteiger partial charge in [-0.3, -0.25) is 0 Å². The third-order valence-electron chi connectivity index (χ3n) is 5.84. The maximum Gasteiger partial charge on any atom is 0.361 e. The van der Waals surface area contributed by atoms with Crippen LogP contribution in [0.3, 0.4) is 0 Å². The van der Waals surface area contributed by atoms with E-state index in [0.717, 1.165) is 31.6 Å². The van der Waals surface area contributed by atoms with Crippen LogP contribution in [-0.2, 0) is 22.5 Å². The van der Waals surface area contributed by atoms with Gasteiger partial charge in [-0.05, 0) is 37.3 Å². The number of ether oxygens (including phenoxy) is 2. The fraction of sp³-hybridized carbons (Fsp3) is 0.552. The smallest absolute Gasteiger partial charge is 0.361 e. The van der Waals surface area contributed by atoms with Crippen molar-refractivity contribution in [2.45, 2.75) is 71.3 Å². The van der Waals surface area contributed by atoms with Gasteiger partial charge in [0, 0.05) is 5.56 Å². The second-order valence-electron chi connectivity index (χ2n) is 9.64. The SMILES string of the molecule is CCCCCCCCc1ccccc1OCCCCOC(=O)C[N+](C)(C)Cc1ccccc1. The molecule has 0 bridgehead atoms. The Kier molecular flexibility index (Phi) is 12.6. The van der Waals surface area contributed by atoms with Crippen LogP contribution in [0.1, 0.15) is 69.4 Å². The molecule has 0 aliphatic carbocycles. The maximum absolute atomic E-state index is 12.3. The first-order valence-corrected chi connectivity index (χ1v) is 12.7. The summed E-state index contributed by atoms with van der Waals surface area (Å²) in [4.78, 5) is 12.3. The van der Waals surface area contributed by atoms with Crippen molar-refractivity contribution in [2.75, 3.05) is 33.9 Å². The number of nitrogens with zero attached hydrogens (tertiary/aromatic N) is 1. The molecule has 0 N–H and O–H groups in total. The van der Waals surface area contributed by atoms with Gasteiger partial charge >= 0.3 is 5.97 Å². The number of carbonyl (C=O) groups is 1. The molecule has 182 valence electrons. The van der Waals surface area contributed by atoms with Crippen molar-refractivity contribution in [3.63, 3.8) is 0 Å². The van der Waals surface area contributed by atoms with Crippen LogP contribution in [0.4, 0.5) is 0 Å². The van der Waals surface area contributed by atoms with Gasteiger partial charge in [0.1, 0.15) is 12.3 Å². The minimum Gasteiger partial charge on any atom is -0.493 e. The largest absolute Gasteiger partial charge is 0.493 e. The molecule has 4 heteroatoms. The molecule has 0 spiro atoms. The number of rotatable bonds is 17. The molecule has 0 aromatic heterocycles. The lowest BCUT2D eigenvalue weighted by molar-refractivity contribution is -0.896. The second-order valence-corrected chi connectivity index (χ2v) is 9.64. The number of unbranched alkanes of at least 4 members (excludes halogenated alkanes) is 6. The molecule has 2 rings (SSSR count). The molecule has 0 unspecified atom stereocenters. The zero-order chi connectivity index (χ0) is 23.8. The zero-order valence-electron chi connectivity index (χ0n) is 21.1. The number of likely N-dealkylation sites (N-methyl/N-ethyl adjacent to an activating group) is 1. The quantitative estimate of drug-likeness (QED) is 0.154. The highest BCUT2D eigenvalue weighted by molar-refractivity contribution is 5.70. The van der Waals surface area contributed by atoms with Crippen LogP contribution in [0, 0.1) is 0 Å². The Hall–Kier alpha value is -2.33. The first-order chi connectivity index (χ1) is 16.0. The Morgan fingerprint density at radius 3 is 2.24 bits per heavy atom. The van der Waals surface area contributed by atoms with E-state index in [4.69, 9.17) is 9.47 Å². The summed E-state index contributed by atoms with van der Waals surface area (Å²) in [6, 6.07) is 18.6. The van der Waals surface area contributed by atoms with Crippen LogP contribution < -0.4 is 4.74 Å². The van der Waals surface area contributed by atoms with Crippen molar-refractivity contribution < 1.29 is 18.8 Å². The average molecular weight is 455 g/mol. The summed E-state index contributed by atoms with van der Waals surface area (Å²) in [6.07, 6.45) is 10.6. The highest BCUT2D eigenvalue weighted by Gasteiger charge is 2.21. The molecule has 0 aliphatic rings. The number of quaternary nitrogens is 1. The predicted molar refractivity (Wildman–Crippen MR) is 136 cm³/mol. The molecule has 0 fully saturated rings. The third kappa shape index (κ3) is 11.9. The molecule has 33 heavy (non-hydrogen) atoms. The second kappa shape index (κ2) is 15.5. The highest BCUT2D eigenvalue weighted by Crippen LogP contribution is 2.21. The molecule has 0 heterocycles. The number of aryl methyl sites for hydroxylation is 1. The Morgan fingerprint density at radius 2 is 1.45 bits per heavy atom. The van der Waals surface area contributed by atoms with E-state index in [1.54, 1.807) is 0 Å². The summed E-state index contributed by atoms with van der Waals surface area (Å²) in [7, 11) is 4.12. The summed E-state index contributed by atoms with van der Waals surface area (Å²) in [5.74, 6) is 0.865. The van der Waals surface area contributed by atoms with E-state index in [0.29, 0.717) is 24.2 Å². The summed E-state index contributed by atoms with van der Waals surface area (Å²) >= 11 is 0. The van der Waals surface area contributed by atoms with Gasteiger partial charge in [0.05, 0.1) is 27.3 Å². The number of esters is 1. The number of carbonyl (C=O) groups excluding carboxylic acids is 1. The van der Waals surface area contributed by atoms with Crippen LogP contribution in [0.2, 0.25) is 0 Å². The number of hydrogen-bond donors (Lipinski definition) is 0. The number of para-hydroxylation sites is 1. The first-order valence-electron chi connectivity index (χ1n) is 12.7. The average Bonchev–Trinajstić information content (AvgIpc) is 2.79. The van der Waals surface area contributed by atoms with Crippen molar-refractivity contribution in [3.05, 3.63) is 65.7 Å². The Bertz CT molecular complexity index is 788. The lowest BCUT2D eigenvalue weighted by Crippen LogP contribution is -2.43. The summed E-state index contributed by atoms with van der Waals surface area (Å²) in [5.41, 5.74) is 2.53. The fourth-order valence-corrected chi connectivity index (χ4v) is 4.05. The van der Waals surface area contributed by atoms with E-state index in [9.17, 15) is 4.79 Å². The van der Waals surface area contributed by atoms with Gasteiger partial charge in [-0.2, -0.15) is 0 Å². The van der Waals surface area contributed by atoms with Crippen LogP contribution in [0.5, 0.6) is 5.75 Å². The lowest BCUT2D eigenvalue weighted by atomic mass is 10.0. The molecule has 0 radical (unpaired) electrons. The fourth-order valence-electron chi connectivity index (χ4n) is 4.05. The van der Waals surface area contributed by atoms with Crippen molar-refractivity contribution in [1.29, 1.82) is 0 Å². The number of benzene rings is 2. The molecular weight excluding hydrogens is 410 g/mol. The lowest BCUT2D eigenvalue weighted by Gasteiger charge is -2.28. The maximum atomic E-state index is 12.3. The third-order valence-corrected chi connectivity index (χ3v) is 5.84. The van der Waals surface area contributed by atoms with Gasteiger partial charge in [-0.1, -0.05) is 87.6 Å². The van der Waals surface area contributed by atoms with E-state index < -0.39 is 0 Å².